The maximum absolute atomic E-state index is 13.5. The molecule has 2 amide bonds. The van der Waals surface area contributed by atoms with Crippen LogP contribution in [0.15, 0.2) is 36.5 Å². The molecule has 2 heterocycles. The average Bonchev–Trinajstić information content (AvgIpc) is 3.21. The summed E-state index contributed by atoms with van der Waals surface area (Å²) in [4.78, 5) is 18.4. The number of anilines is 2. The van der Waals surface area contributed by atoms with Gasteiger partial charge < -0.3 is 19.4 Å². The van der Waals surface area contributed by atoms with Crippen LogP contribution in [0.5, 0.6) is 5.88 Å². The standard InChI is InChI=1S/C20H20ClF3N6O3/c1-32-8-7-29-16(27-28-19(29)18(23)24)11-30(13-4-6-17(33-2)25-10-13)20(31)26-12-3-5-15(22)14(21)9-12/h3-6,9-10,18H,7-8,11H2,1-2H3,(H,26,31). The number of alkyl halides is 2. The summed E-state index contributed by atoms with van der Waals surface area (Å²) in [7, 11) is 2.87. The third kappa shape index (κ3) is 5.90. The van der Waals surface area contributed by atoms with Crippen molar-refractivity contribution in [3.05, 3.63) is 59.0 Å². The lowest BCUT2D eigenvalue weighted by molar-refractivity contribution is 0.128. The zero-order valence-electron chi connectivity index (χ0n) is 17.6. The Morgan fingerprint density at radius 2 is 2.03 bits per heavy atom. The Morgan fingerprint density at radius 1 is 1.24 bits per heavy atom. The molecule has 9 nitrogen and oxygen atoms in total. The Morgan fingerprint density at radius 3 is 2.64 bits per heavy atom. The monoisotopic (exact) mass is 484 g/mol. The lowest BCUT2D eigenvalue weighted by atomic mass is 10.3. The molecule has 0 aliphatic rings. The quantitative estimate of drug-likeness (QED) is 0.486. The molecule has 0 atom stereocenters. The first-order valence-electron chi connectivity index (χ1n) is 9.56. The largest absolute Gasteiger partial charge is 0.481 e. The highest BCUT2D eigenvalue weighted by atomic mass is 35.5. The smallest absolute Gasteiger partial charge is 0.326 e. The van der Waals surface area contributed by atoms with Crippen LogP contribution in [0.2, 0.25) is 5.02 Å². The van der Waals surface area contributed by atoms with Gasteiger partial charge in [-0.25, -0.2) is 22.9 Å². The highest BCUT2D eigenvalue weighted by Gasteiger charge is 2.25. The molecule has 33 heavy (non-hydrogen) atoms. The molecule has 0 fully saturated rings. The number of amides is 2. The Bertz CT molecular complexity index is 1100. The van der Waals surface area contributed by atoms with Crippen molar-refractivity contribution < 1.29 is 27.4 Å². The number of benzene rings is 1. The molecule has 0 radical (unpaired) electrons. The molecule has 0 saturated heterocycles. The maximum Gasteiger partial charge on any atom is 0.326 e. The first-order chi connectivity index (χ1) is 15.8. The van der Waals surface area contributed by atoms with Crippen LogP contribution >= 0.6 is 11.6 Å². The summed E-state index contributed by atoms with van der Waals surface area (Å²) < 4.78 is 51.5. The Hall–Kier alpha value is -3.38. The SMILES string of the molecule is COCCn1c(CN(C(=O)Nc2ccc(F)c(Cl)c2)c2ccc(OC)nc2)nnc1C(F)F. The van der Waals surface area contributed by atoms with Gasteiger partial charge in [-0.2, -0.15) is 0 Å². The molecule has 1 N–H and O–H groups in total. The molecular weight excluding hydrogens is 465 g/mol. The zero-order chi connectivity index (χ0) is 24.0. The van der Waals surface area contributed by atoms with Gasteiger partial charge in [-0.1, -0.05) is 11.6 Å². The highest BCUT2D eigenvalue weighted by molar-refractivity contribution is 6.31. The summed E-state index contributed by atoms with van der Waals surface area (Å²) in [6.45, 7) is -0.0320. The number of methoxy groups -OCH3 is 2. The summed E-state index contributed by atoms with van der Waals surface area (Å²) >= 11 is 5.79. The van der Waals surface area contributed by atoms with E-state index in [1.54, 1.807) is 6.07 Å². The number of aromatic nitrogens is 4. The molecule has 3 rings (SSSR count). The van der Waals surface area contributed by atoms with Gasteiger partial charge in [0.25, 0.3) is 6.43 Å². The van der Waals surface area contributed by atoms with Crippen molar-refractivity contribution in [3.63, 3.8) is 0 Å². The minimum atomic E-state index is -2.87. The number of carbonyl (C=O) groups excluding carboxylic acids is 1. The summed E-state index contributed by atoms with van der Waals surface area (Å²) in [5.41, 5.74) is 0.549. The van der Waals surface area contributed by atoms with Gasteiger partial charge >= 0.3 is 6.03 Å². The molecule has 0 saturated carbocycles. The Labute approximate surface area is 192 Å². The van der Waals surface area contributed by atoms with E-state index in [2.05, 4.69) is 20.5 Å². The van der Waals surface area contributed by atoms with Crippen molar-refractivity contribution in [2.75, 3.05) is 31.0 Å². The van der Waals surface area contributed by atoms with Crippen molar-refractivity contribution in [1.82, 2.24) is 19.7 Å². The second kappa shape index (κ2) is 11.0. The minimum Gasteiger partial charge on any atom is -0.481 e. The van der Waals surface area contributed by atoms with E-state index in [1.807, 2.05) is 0 Å². The molecule has 1 aromatic carbocycles. The highest BCUT2D eigenvalue weighted by Crippen LogP contribution is 2.24. The molecule has 0 spiro atoms. The number of urea groups is 1. The van der Waals surface area contributed by atoms with E-state index >= 15 is 0 Å². The van der Waals surface area contributed by atoms with E-state index in [1.165, 1.54) is 48.1 Å². The Kier molecular flexibility index (Phi) is 8.06. The Balaban J connectivity index is 1.95. The minimum absolute atomic E-state index is 0.0579. The molecule has 176 valence electrons. The van der Waals surface area contributed by atoms with Crippen molar-refractivity contribution in [2.45, 2.75) is 19.5 Å². The number of hydrogen-bond acceptors (Lipinski definition) is 6. The second-order valence-corrected chi connectivity index (χ2v) is 7.03. The first kappa shape index (κ1) is 24.3. The van der Waals surface area contributed by atoms with Gasteiger partial charge in [-0.15, -0.1) is 10.2 Å². The van der Waals surface area contributed by atoms with Gasteiger partial charge in [0.2, 0.25) is 5.88 Å². The number of nitrogens with one attached hydrogen (secondary N) is 1. The maximum atomic E-state index is 13.5. The molecule has 2 aromatic heterocycles. The van der Waals surface area contributed by atoms with Gasteiger partial charge in [0.1, 0.15) is 5.82 Å². The van der Waals surface area contributed by atoms with Crippen LogP contribution in [0.25, 0.3) is 0 Å². The van der Waals surface area contributed by atoms with Gasteiger partial charge in [0.05, 0.1) is 37.2 Å². The number of carbonyl (C=O) groups is 1. The van der Waals surface area contributed by atoms with Gasteiger partial charge in [0, 0.05) is 25.4 Å². The average molecular weight is 485 g/mol. The van der Waals surface area contributed by atoms with Crippen molar-refractivity contribution in [3.8, 4) is 5.88 Å². The van der Waals surface area contributed by atoms with Crippen LogP contribution in [0, 0.1) is 5.82 Å². The summed E-state index contributed by atoms with van der Waals surface area (Å²) in [6, 6.07) is 6.12. The third-order valence-corrected chi connectivity index (χ3v) is 4.82. The molecule has 3 aromatic rings. The summed E-state index contributed by atoms with van der Waals surface area (Å²) in [5.74, 6) is -0.768. The fraction of sp³-hybridized carbons (Fsp3) is 0.300. The third-order valence-electron chi connectivity index (χ3n) is 4.53. The fourth-order valence-corrected chi connectivity index (χ4v) is 3.07. The number of rotatable bonds is 9. The molecule has 0 aliphatic heterocycles. The van der Waals surface area contributed by atoms with E-state index in [4.69, 9.17) is 21.1 Å². The number of pyridine rings is 1. The van der Waals surface area contributed by atoms with Crippen molar-refractivity contribution >= 4 is 29.0 Å². The number of nitrogens with zero attached hydrogens (tertiary/aromatic N) is 5. The molecule has 0 bridgehead atoms. The van der Waals surface area contributed by atoms with Crippen LogP contribution in [0.3, 0.4) is 0 Å². The summed E-state index contributed by atoms with van der Waals surface area (Å²) in [5, 5.41) is 9.83. The van der Waals surface area contributed by atoms with Crippen LogP contribution < -0.4 is 15.0 Å². The first-order valence-corrected chi connectivity index (χ1v) is 9.94. The lowest BCUT2D eigenvalue weighted by Crippen LogP contribution is -2.35. The fourth-order valence-electron chi connectivity index (χ4n) is 2.89. The molecule has 0 aliphatic carbocycles. The predicted octanol–water partition coefficient (Wildman–Crippen LogP) is 4.30. The van der Waals surface area contributed by atoms with Gasteiger partial charge in [0.15, 0.2) is 11.6 Å². The normalized spacial score (nSPS) is 11.0. The van der Waals surface area contributed by atoms with Crippen LogP contribution in [0.1, 0.15) is 18.1 Å². The molecule has 0 unspecified atom stereocenters. The summed E-state index contributed by atoms with van der Waals surface area (Å²) in [6.07, 6.45) is -1.49. The van der Waals surface area contributed by atoms with E-state index in [9.17, 15) is 18.0 Å². The van der Waals surface area contributed by atoms with Crippen molar-refractivity contribution in [2.24, 2.45) is 0 Å². The predicted molar refractivity (Wildman–Crippen MR) is 114 cm³/mol. The van der Waals surface area contributed by atoms with E-state index in [-0.39, 0.29) is 36.2 Å². The van der Waals surface area contributed by atoms with Gasteiger partial charge in [-0.05, 0) is 24.3 Å². The van der Waals surface area contributed by atoms with Crippen molar-refractivity contribution in [1.29, 1.82) is 0 Å². The van der Waals surface area contributed by atoms with Crippen LogP contribution in [-0.2, 0) is 17.8 Å². The number of halogens is 4. The van der Waals surface area contributed by atoms with E-state index in [0.29, 0.717) is 11.6 Å². The van der Waals surface area contributed by atoms with Crippen LogP contribution in [0.4, 0.5) is 29.3 Å². The second-order valence-electron chi connectivity index (χ2n) is 6.62. The lowest BCUT2D eigenvalue weighted by Gasteiger charge is -2.23. The molecular formula is C20H20ClF3N6O3. The van der Waals surface area contributed by atoms with E-state index < -0.39 is 24.1 Å². The van der Waals surface area contributed by atoms with E-state index in [0.717, 1.165) is 6.07 Å². The number of hydrogen-bond donors (Lipinski definition) is 1. The zero-order valence-corrected chi connectivity index (χ0v) is 18.4. The van der Waals surface area contributed by atoms with Gasteiger partial charge in [-0.3, -0.25) is 4.90 Å². The molecule has 13 heteroatoms. The topological polar surface area (TPSA) is 94.4 Å². The van der Waals surface area contributed by atoms with Crippen LogP contribution in [-0.4, -0.2) is 46.6 Å². The number of ether oxygens (including phenoxy) is 2.